The van der Waals surface area contributed by atoms with Crippen LogP contribution >= 0.6 is 0 Å². The van der Waals surface area contributed by atoms with Crippen LogP contribution in [-0.2, 0) is 0 Å². The lowest BCUT2D eigenvalue weighted by Gasteiger charge is -2.09. The molecule has 0 aliphatic heterocycles. The number of hydrogen-bond acceptors (Lipinski definition) is 3. The Hall–Kier alpha value is -2.82. The van der Waals surface area contributed by atoms with Crippen molar-refractivity contribution in [3.8, 4) is 5.75 Å². The SMILES string of the molecule is COc1ccccc1C(=O)Nc1ccc2nc(C)cn2c1. The van der Waals surface area contributed by atoms with E-state index in [0.717, 1.165) is 11.3 Å². The second-order valence-corrected chi connectivity index (χ2v) is 4.72. The van der Waals surface area contributed by atoms with Gasteiger partial charge in [0.1, 0.15) is 11.4 Å². The fourth-order valence-electron chi connectivity index (χ4n) is 2.22. The average Bonchev–Trinajstić information content (AvgIpc) is 2.86. The highest BCUT2D eigenvalue weighted by Gasteiger charge is 2.11. The molecule has 0 saturated heterocycles. The van der Waals surface area contributed by atoms with Crippen molar-refractivity contribution in [1.29, 1.82) is 0 Å². The highest BCUT2D eigenvalue weighted by molar-refractivity contribution is 6.06. The van der Waals surface area contributed by atoms with Crippen LogP contribution in [0.25, 0.3) is 5.65 Å². The summed E-state index contributed by atoms with van der Waals surface area (Å²) in [5.74, 6) is 0.346. The summed E-state index contributed by atoms with van der Waals surface area (Å²) in [6.45, 7) is 1.93. The van der Waals surface area contributed by atoms with Crippen molar-refractivity contribution in [2.24, 2.45) is 0 Å². The number of fused-ring (bicyclic) bond motifs is 1. The normalized spacial score (nSPS) is 10.6. The molecule has 0 unspecified atom stereocenters. The molecular formula is C16H15N3O2. The maximum absolute atomic E-state index is 12.3. The summed E-state index contributed by atoms with van der Waals surface area (Å²) in [5.41, 5.74) is 2.99. The smallest absolute Gasteiger partial charge is 0.259 e. The third kappa shape index (κ3) is 2.58. The number of rotatable bonds is 3. The van der Waals surface area contributed by atoms with Gasteiger partial charge in [0.05, 0.1) is 24.1 Å². The molecule has 2 heterocycles. The first-order valence-electron chi connectivity index (χ1n) is 6.57. The van der Waals surface area contributed by atoms with E-state index in [9.17, 15) is 4.79 Å². The summed E-state index contributed by atoms with van der Waals surface area (Å²) >= 11 is 0. The summed E-state index contributed by atoms with van der Waals surface area (Å²) in [7, 11) is 1.55. The van der Waals surface area contributed by atoms with Crippen molar-refractivity contribution < 1.29 is 9.53 Å². The van der Waals surface area contributed by atoms with Gasteiger partial charge in [-0.3, -0.25) is 4.79 Å². The van der Waals surface area contributed by atoms with Crippen LogP contribution in [0.15, 0.2) is 48.8 Å². The van der Waals surface area contributed by atoms with E-state index in [0.29, 0.717) is 17.0 Å². The second-order valence-electron chi connectivity index (χ2n) is 4.72. The second kappa shape index (κ2) is 5.28. The van der Waals surface area contributed by atoms with Crippen LogP contribution in [0.2, 0.25) is 0 Å². The molecule has 0 spiro atoms. The van der Waals surface area contributed by atoms with Crippen LogP contribution in [0.3, 0.4) is 0 Å². The molecule has 0 atom stereocenters. The largest absolute Gasteiger partial charge is 0.496 e. The highest BCUT2D eigenvalue weighted by Crippen LogP contribution is 2.19. The van der Waals surface area contributed by atoms with Gasteiger partial charge in [0.2, 0.25) is 0 Å². The van der Waals surface area contributed by atoms with Crippen molar-refractivity contribution in [2.75, 3.05) is 12.4 Å². The molecule has 1 amide bonds. The summed E-state index contributed by atoms with van der Waals surface area (Å²) in [4.78, 5) is 16.7. The Balaban J connectivity index is 1.88. The first-order valence-corrected chi connectivity index (χ1v) is 6.57. The molecule has 106 valence electrons. The summed E-state index contributed by atoms with van der Waals surface area (Å²) in [5, 5.41) is 2.87. The Labute approximate surface area is 122 Å². The zero-order valence-electron chi connectivity index (χ0n) is 11.8. The number of nitrogens with zero attached hydrogens (tertiary/aromatic N) is 2. The number of amides is 1. The lowest BCUT2D eigenvalue weighted by atomic mass is 10.2. The summed E-state index contributed by atoms with van der Waals surface area (Å²) < 4.78 is 7.08. The van der Waals surface area contributed by atoms with Crippen LogP contribution in [0.4, 0.5) is 5.69 Å². The molecule has 1 N–H and O–H groups in total. The van der Waals surface area contributed by atoms with Gasteiger partial charge in [-0.2, -0.15) is 0 Å². The fourth-order valence-corrected chi connectivity index (χ4v) is 2.22. The lowest BCUT2D eigenvalue weighted by molar-refractivity contribution is 0.102. The van der Waals surface area contributed by atoms with Crippen molar-refractivity contribution in [3.63, 3.8) is 0 Å². The first kappa shape index (κ1) is 13.2. The van der Waals surface area contributed by atoms with Crippen molar-refractivity contribution in [2.45, 2.75) is 6.92 Å². The number of carbonyl (C=O) groups excluding carboxylic acids is 1. The Morgan fingerprint density at radius 3 is 2.81 bits per heavy atom. The quantitative estimate of drug-likeness (QED) is 0.803. The maximum Gasteiger partial charge on any atom is 0.259 e. The van der Waals surface area contributed by atoms with E-state index in [1.807, 2.05) is 41.9 Å². The molecule has 0 aliphatic carbocycles. The average molecular weight is 281 g/mol. The van der Waals surface area contributed by atoms with Gasteiger partial charge in [0, 0.05) is 12.4 Å². The number of benzene rings is 1. The van der Waals surface area contributed by atoms with E-state index < -0.39 is 0 Å². The monoisotopic (exact) mass is 281 g/mol. The Bertz CT molecular complexity index is 808. The topological polar surface area (TPSA) is 55.6 Å². The molecule has 0 radical (unpaired) electrons. The van der Waals surface area contributed by atoms with Gasteiger partial charge in [-0.15, -0.1) is 0 Å². The molecule has 3 rings (SSSR count). The van der Waals surface area contributed by atoms with Gasteiger partial charge in [0.15, 0.2) is 0 Å². The van der Waals surface area contributed by atoms with Gasteiger partial charge >= 0.3 is 0 Å². The lowest BCUT2D eigenvalue weighted by Crippen LogP contribution is -2.13. The molecular weight excluding hydrogens is 266 g/mol. The highest BCUT2D eigenvalue weighted by atomic mass is 16.5. The molecule has 1 aromatic carbocycles. The van der Waals surface area contributed by atoms with E-state index >= 15 is 0 Å². The zero-order chi connectivity index (χ0) is 14.8. The number of nitrogens with one attached hydrogen (secondary N) is 1. The minimum absolute atomic E-state index is 0.205. The summed E-state index contributed by atoms with van der Waals surface area (Å²) in [6, 6.07) is 10.8. The van der Waals surface area contributed by atoms with Crippen LogP contribution in [0.5, 0.6) is 5.75 Å². The van der Waals surface area contributed by atoms with E-state index in [1.165, 1.54) is 0 Å². The molecule has 3 aromatic rings. The number of pyridine rings is 1. The predicted octanol–water partition coefficient (Wildman–Crippen LogP) is 2.90. The summed E-state index contributed by atoms with van der Waals surface area (Å²) in [6.07, 6.45) is 3.75. The molecule has 5 nitrogen and oxygen atoms in total. The number of imidazole rings is 1. The molecule has 0 fully saturated rings. The van der Waals surface area contributed by atoms with Crippen LogP contribution in [0.1, 0.15) is 16.1 Å². The number of ether oxygens (including phenoxy) is 1. The van der Waals surface area contributed by atoms with Crippen molar-refractivity contribution >= 4 is 17.2 Å². The number of anilines is 1. The minimum atomic E-state index is -0.205. The Morgan fingerprint density at radius 1 is 1.19 bits per heavy atom. The van der Waals surface area contributed by atoms with E-state index in [4.69, 9.17) is 4.74 Å². The number of para-hydroxylation sites is 1. The van der Waals surface area contributed by atoms with Gasteiger partial charge in [-0.1, -0.05) is 12.1 Å². The molecule has 21 heavy (non-hydrogen) atoms. The van der Waals surface area contributed by atoms with E-state index in [-0.39, 0.29) is 5.91 Å². The zero-order valence-corrected chi connectivity index (χ0v) is 11.8. The molecule has 0 aliphatic rings. The van der Waals surface area contributed by atoms with Crippen LogP contribution in [-0.4, -0.2) is 22.4 Å². The van der Waals surface area contributed by atoms with E-state index in [2.05, 4.69) is 10.3 Å². The number of methoxy groups -OCH3 is 1. The molecule has 0 saturated carbocycles. The third-order valence-corrected chi connectivity index (χ3v) is 3.18. The standard InChI is InChI=1S/C16H15N3O2/c1-11-9-19-10-12(7-8-15(19)17-11)18-16(20)13-5-3-4-6-14(13)21-2/h3-10H,1-2H3,(H,18,20). The van der Waals surface area contributed by atoms with Crippen molar-refractivity contribution in [3.05, 3.63) is 60.0 Å². The Kier molecular flexibility index (Phi) is 3.31. The van der Waals surface area contributed by atoms with Gasteiger partial charge in [-0.25, -0.2) is 4.98 Å². The van der Waals surface area contributed by atoms with Crippen molar-refractivity contribution in [1.82, 2.24) is 9.38 Å². The minimum Gasteiger partial charge on any atom is -0.496 e. The number of aromatic nitrogens is 2. The van der Waals surface area contributed by atoms with Gasteiger partial charge in [-0.05, 0) is 31.2 Å². The number of carbonyl (C=O) groups is 1. The number of hydrogen-bond donors (Lipinski definition) is 1. The molecule has 5 heteroatoms. The Morgan fingerprint density at radius 2 is 2.00 bits per heavy atom. The third-order valence-electron chi connectivity index (χ3n) is 3.18. The predicted molar refractivity (Wildman–Crippen MR) is 80.9 cm³/mol. The maximum atomic E-state index is 12.3. The van der Waals surface area contributed by atoms with Gasteiger partial charge < -0.3 is 14.5 Å². The van der Waals surface area contributed by atoms with Gasteiger partial charge in [0.25, 0.3) is 5.91 Å². The molecule has 0 bridgehead atoms. The fraction of sp³-hybridized carbons (Fsp3) is 0.125. The first-order chi connectivity index (χ1) is 10.2. The molecule has 2 aromatic heterocycles. The van der Waals surface area contributed by atoms with Crippen LogP contribution in [0, 0.1) is 6.92 Å². The number of aryl methyl sites for hydroxylation is 1. The van der Waals surface area contributed by atoms with Crippen LogP contribution < -0.4 is 10.1 Å². The van der Waals surface area contributed by atoms with E-state index in [1.54, 1.807) is 25.3 Å².